The number of carbonyl (C=O) groups is 1. The van der Waals surface area contributed by atoms with Gasteiger partial charge < -0.3 is 5.32 Å². The molecule has 150 valence electrons. The molecule has 1 amide bonds. The third-order valence-corrected chi connectivity index (χ3v) is 5.33. The van der Waals surface area contributed by atoms with E-state index in [9.17, 15) is 14.9 Å². The van der Waals surface area contributed by atoms with E-state index in [1.165, 1.54) is 24.3 Å². The number of hydrogen-bond acceptors (Lipinski definition) is 4. The molecule has 0 bridgehead atoms. The second-order valence-electron chi connectivity index (χ2n) is 6.58. The minimum absolute atomic E-state index is 0.159. The van der Waals surface area contributed by atoms with Gasteiger partial charge >= 0.3 is 0 Å². The molecule has 4 aromatic rings. The second-order valence-corrected chi connectivity index (χ2v) is 7.40. The number of rotatable bonds is 4. The van der Waals surface area contributed by atoms with Gasteiger partial charge in [-0.2, -0.15) is 0 Å². The van der Waals surface area contributed by atoms with Crippen LogP contribution in [0.4, 0.5) is 11.5 Å². The number of carbonyl (C=O) groups excluding carboxylic acids is 1. The number of anilines is 1. The molecule has 0 fully saturated rings. The topological polar surface area (TPSA) is 89.5 Å². The van der Waals surface area contributed by atoms with Crippen molar-refractivity contribution in [3.63, 3.8) is 0 Å². The Bertz CT molecular complexity index is 1320. The lowest BCUT2D eigenvalue weighted by Gasteiger charge is -2.09. The van der Waals surface area contributed by atoms with Gasteiger partial charge in [-0.25, -0.2) is 4.98 Å². The highest BCUT2D eigenvalue weighted by Crippen LogP contribution is 2.34. The van der Waals surface area contributed by atoms with Crippen molar-refractivity contribution in [1.29, 1.82) is 0 Å². The highest BCUT2D eigenvalue weighted by Gasteiger charge is 2.20. The molecule has 1 N–H and O–H groups in total. The molecular formula is C21H14Cl2N4O3. The van der Waals surface area contributed by atoms with Gasteiger partial charge in [-0.1, -0.05) is 41.4 Å². The van der Waals surface area contributed by atoms with E-state index in [0.717, 1.165) is 5.56 Å². The van der Waals surface area contributed by atoms with Gasteiger partial charge in [-0.05, 0) is 36.8 Å². The van der Waals surface area contributed by atoms with Gasteiger partial charge in [0.2, 0.25) is 0 Å². The predicted molar refractivity (Wildman–Crippen MR) is 116 cm³/mol. The van der Waals surface area contributed by atoms with Crippen molar-refractivity contribution in [2.45, 2.75) is 6.92 Å². The predicted octanol–water partition coefficient (Wildman–Crippen LogP) is 5.78. The van der Waals surface area contributed by atoms with E-state index in [0.29, 0.717) is 32.8 Å². The first-order chi connectivity index (χ1) is 14.3. The first kappa shape index (κ1) is 19.9. The molecule has 0 aliphatic carbocycles. The molecule has 0 unspecified atom stereocenters. The van der Waals surface area contributed by atoms with E-state index in [-0.39, 0.29) is 11.3 Å². The van der Waals surface area contributed by atoms with Crippen LogP contribution in [0.15, 0.2) is 60.8 Å². The normalized spacial score (nSPS) is 10.9. The zero-order valence-corrected chi connectivity index (χ0v) is 17.1. The van der Waals surface area contributed by atoms with Crippen LogP contribution in [0.25, 0.3) is 16.9 Å². The molecule has 9 heteroatoms. The molecule has 0 spiro atoms. The summed E-state index contributed by atoms with van der Waals surface area (Å²) in [6, 6.07) is 14.4. The van der Waals surface area contributed by atoms with Crippen LogP contribution in [0.5, 0.6) is 0 Å². The summed E-state index contributed by atoms with van der Waals surface area (Å²) in [7, 11) is 0. The molecule has 2 aromatic heterocycles. The number of pyridine rings is 1. The molecule has 0 radical (unpaired) electrons. The largest absolute Gasteiger partial charge is 0.306 e. The smallest absolute Gasteiger partial charge is 0.270 e. The lowest BCUT2D eigenvalue weighted by atomic mass is 10.1. The minimum Gasteiger partial charge on any atom is -0.306 e. The van der Waals surface area contributed by atoms with Crippen LogP contribution in [-0.4, -0.2) is 20.2 Å². The summed E-state index contributed by atoms with van der Waals surface area (Å²) in [6.45, 7) is 1.91. The number of nitro benzene ring substituents is 1. The number of fused-ring (bicyclic) bond motifs is 1. The molecule has 0 aliphatic rings. The first-order valence-electron chi connectivity index (χ1n) is 8.84. The van der Waals surface area contributed by atoms with Crippen LogP contribution in [0.1, 0.15) is 15.9 Å². The Morgan fingerprint density at radius 1 is 1.10 bits per heavy atom. The number of nitrogens with one attached hydrogen (secondary N) is 1. The third kappa shape index (κ3) is 3.60. The second kappa shape index (κ2) is 7.78. The number of nitrogens with zero attached hydrogens (tertiary/aromatic N) is 3. The zero-order valence-electron chi connectivity index (χ0n) is 15.6. The highest BCUT2D eigenvalue weighted by molar-refractivity contribution is 6.42. The van der Waals surface area contributed by atoms with E-state index in [4.69, 9.17) is 23.2 Å². The number of halogens is 2. The van der Waals surface area contributed by atoms with Gasteiger partial charge in [0.1, 0.15) is 17.2 Å². The Labute approximate surface area is 181 Å². The van der Waals surface area contributed by atoms with E-state index < -0.39 is 10.8 Å². The van der Waals surface area contributed by atoms with Gasteiger partial charge in [0.25, 0.3) is 11.6 Å². The number of nitro groups is 1. The van der Waals surface area contributed by atoms with Gasteiger partial charge in [-0.15, -0.1) is 0 Å². The summed E-state index contributed by atoms with van der Waals surface area (Å²) in [5.74, 6) is -0.0769. The summed E-state index contributed by atoms with van der Waals surface area (Å²) in [6.07, 6.45) is 1.78. The minimum atomic E-state index is -0.546. The molecular weight excluding hydrogens is 427 g/mol. The number of aryl methyl sites for hydroxylation is 1. The fraction of sp³-hybridized carbons (Fsp3) is 0.0476. The van der Waals surface area contributed by atoms with Crippen molar-refractivity contribution in [1.82, 2.24) is 9.38 Å². The van der Waals surface area contributed by atoms with Crippen molar-refractivity contribution in [3.05, 3.63) is 92.1 Å². The number of benzene rings is 2. The maximum atomic E-state index is 12.9. The van der Waals surface area contributed by atoms with Crippen LogP contribution >= 0.6 is 23.2 Å². The highest BCUT2D eigenvalue weighted by atomic mass is 35.5. The molecule has 0 saturated carbocycles. The van der Waals surface area contributed by atoms with E-state index in [2.05, 4.69) is 10.3 Å². The van der Waals surface area contributed by atoms with Crippen molar-refractivity contribution in [2.24, 2.45) is 0 Å². The Kier molecular flexibility index (Phi) is 5.15. The number of imidazole rings is 1. The molecule has 0 atom stereocenters. The molecule has 2 heterocycles. The summed E-state index contributed by atoms with van der Waals surface area (Å²) in [4.78, 5) is 28.1. The standard InChI is InChI=1S/C21H14Cl2N4O3/c1-12-4-3-9-26-19(12)24-18(13-7-8-16(22)17(23)11-13)20(26)25-21(28)14-5-2-6-15(10-14)27(29)30/h2-11H,1H3,(H,25,28). The summed E-state index contributed by atoms with van der Waals surface area (Å²) >= 11 is 12.2. The number of amides is 1. The van der Waals surface area contributed by atoms with Crippen LogP contribution in [0, 0.1) is 17.0 Å². The number of non-ortho nitro benzene ring substituents is 1. The van der Waals surface area contributed by atoms with Crippen LogP contribution in [0.2, 0.25) is 10.0 Å². The van der Waals surface area contributed by atoms with E-state index in [1.807, 2.05) is 19.1 Å². The SMILES string of the molecule is Cc1cccn2c(NC(=O)c3cccc([N+](=O)[O-])c3)c(-c3ccc(Cl)c(Cl)c3)nc12. The van der Waals surface area contributed by atoms with Gasteiger partial charge in [0.05, 0.1) is 15.0 Å². The number of aromatic nitrogens is 2. The third-order valence-electron chi connectivity index (χ3n) is 4.59. The Morgan fingerprint density at radius 3 is 2.63 bits per heavy atom. The molecule has 0 saturated heterocycles. The quantitative estimate of drug-likeness (QED) is 0.321. The maximum absolute atomic E-state index is 12.9. The average molecular weight is 441 g/mol. The maximum Gasteiger partial charge on any atom is 0.270 e. The van der Waals surface area contributed by atoms with E-state index in [1.54, 1.807) is 28.8 Å². The van der Waals surface area contributed by atoms with E-state index >= 15 is 0 Å². The molecule has 0 aliphatic heterocycles. The lowest BCUT2D eigenvalue weighted by Crippen LogP contribution is -2.14. The monoisotopic (exact) mass is 440 g/mol. The van der Waals surface area contributed by atoms with Gasteiger partial charge in [-0.3, -0.25) is 19.3 Å². The summed E-state index contributed by atoms with van der Waals surface area (Å²) in [5, 5.41) is 14.6. The summed E-state index contributed by atoms with van der Waals surface area (Å²) in [5.41, 5.74) is 2.74. The van der Waals surface area contributed by atoms with Gasteiger partial charge in [0, 0.05) is 29.5 Å². The fourth-order valence-corrected chi connectivity index (χ4v) is 3.41. The molecule has 4 rings (SSSR count). The lowest BCUT2D eigenvalue weighted by molar-refractivity contribution is -0.384. The Balaban J connectivity index is 1.84. The van der Waals surface area contributed by atoms with Gasteiger partial charge in [0.15, 0.2) is 0 Å². The van der Waals surface area contributed by atoms with Crippen molar-refractivity contribution < 1.29 is 9.72 Å². The van der Waals surface area contributed by atoms with Crippen molar-refractivity contribution in [3.8, 4) is 11.3 Å². The van der Waals surface area contributed by atoms with Crippen molar-refractivity contribution in [2.75, 3.05) is 5.32 Å². The van der Waals surface area contributed by atoms with Crippen LogP contribution in [-0.2, 0) is 0 Å². The fourth-order valence-electron chi connectivity index (χ4n) is 3.11. The average Bonchev–Trinajstić information content (AvgIpc) is 3.10. The Hall–Kier alpha value is -3.42. The molecule has 7 nitrogen and oxygen atoms in total. The zero-order chi connectivity index (χ0) is 21.4. The molecule has 2 aromatic carbocycles. The Morgan fingerprint density at radius 2 is 1.90 bits per heavy atom. The van der Waals surface area contributed by atoms with Crippen molar-refractivity contribution >= 4 is 46.3 Å². The summed E-state index contributed by atoms with van der Waals surface area (Å²) < 4.78 is 1.75. The van der Waals surface area contributed by atoms with Crippen LogP contribution < -0.4 is 5.32 Å². The van der Waals surface area contributed by atoms with Crippen LogP contribution in [0.3, 0.4) is 0 Å². The first-order valence-corrected chi connectivity index (χ1v) is 9.59. The molecule has 30 heavy (non-hydrogen) atoms. The number of hydrogen-bond donors (Lipinski definition) is 1.